The number of carbonyl (C=O) groups excluding carboxylic acids is 2. The van der Waals surface area contributed by atoms with E-state index in [1.165, 1.54) is 24.3 Å². The van der Waals surface area contributed by atoms with Crippen molar-refractivity contribution in [1.29, 1.82) is 0 Å². The molecule has 0 unspecified atom stereocenters. The fourth-order valence-electron chi connectivity index (χ4n) is 2.41. The summed E-state index contributed by atoms with van der Waals surface area (Å²) in [5.41, 5.74) is 0.217. The number of carbonyl (C=O) groups is 2. The lowest BCUT2D eigenvalue weighted by Gasteiger charge is -2.09. The maximum atomic E-state index is 13.7. The highest BCUT2D eigenvalue weighted by molar-refractivity contribution is 6.30. The molecule has 9 heteroatoms. The van der Waals surface area contributed by atoms with Crippen LogP contribution in [0.1, 0.15) is 16.1 Å². The van der Waals surface area contributed by atoms with Crippen LogP contribution in [-0.4, -0.2) is 28.3 Å². The topological polar surface area (TPSA) is 90.3 Å². The maximum absolute atomic E-state index is 13.7. The van der Waals surface area contributed by atoms with E-state index in [2.05, 4.69) is 10.4 Å². The molecule has 0 spiro atoms. The summed E-state index contributed by atoms with van der Waals surface area (Å²) in [7, 11) is 0. The van der Waals surface area contributed by atoms with Crippen molar-refractivity contribution in [3.63, 3.8) is 0 Å². The normalized spacial score (nSPS) is 10.4. The monoisotopic (exact) mass is 415 g/mol. The highest BCUT2D eigenvalue weighted by atomic mass is 35.5. The minimum atomic E-state index is -0.890. The van der Waals surface area contributed by atoms with Crippen LogP contribution < -0.4 is 10.9 Å². The molecule has 1 amide bonds. The largest absolute Gasteiger partial charge is 0.451 e. The zero-order valence-electron chi connectivity index (χ0n) is 15.0. The van der Waals surface area contributed by atoms with E-state index in [9.17, 15) is 18.8 Å². The van der Waals surface area contributed by atoms with Gasteiger partial charge < -0.3 is 10.1 Å². The van der Waals surface area contributed by atoms with Gasteiger partial charge in [0.1, 0.15) is 5.82 Å². The summed E-state index contributed by atoms with van der Waals surface area (Å²) in [6, 6.07) is 15.3. The van der Waals surface area contributed by atoms with E-state index in [0.717, 1.165) is 16.3 Å². The standard InChI is InChI=1S/C20H15ClFN3O4/c21-14-6-7-16(15(22)10-14)23-18(26)12-29-20(28)17-8-9-19(27)25(24-17)11-13-4-2-1-3-5-13/h1-10H,11-12H2,(H,23,26). The molecule has 0 aliphatic rings. The number of ether oxygens (including phenoxy) is 1. The first-order valence-electron chi connectivity index (χ1n) is 8.46. The molecule has 1 aromatic heterocycles. The molecule has 0 aliphatic heterocycles. The number of benzene rings is 2. The van der Waals surface area contributed by atoms with Gasteiger partial charge in [0, 0.05) is 11.1 Å². The van der Waals surface area contributed by atoms with Gasteiger partial charge in [-0.2, -0.15) is 5.10 Å². The number of nitrogens with one attached hydrogen (secondary N) is 1. The van der Waals surface area contributed by atoms with E-state index < -0.39 is 24.3 Å². The van der Waals surface area contributed by atoms with E-state index in [0.29, 0.717) is 0 Å². The lowest BCUT2D eigenvalue weighted by Crippen LogP contribution is -2.27. The van der Waals surface area contributed by atoms with Crippen molar-refractivity contribution in [3.8, 4) is 0 Å². The van der Waals surface area contributed by atoms with Gasteiger partial charge in [-0.15, -0.1) is 0 Å². The summed E-state index contributed by atoms with van der Waals surface area (Å²) < 4.78 is 19.7. The molecular weight excluding hydrogens is 401 g/mol. The van der Waals surface area contributed by atoms with E-state index in [-0.39, 0.29) is 28.5 Å². The number of rotatable bonds is 6. The molecule has 0 fully saturated rings. The van der Waals surface area contributed by atoms with Gasteiger partial charge in [-0.1, -0.05) is 41.9 Å². The van der Waals surface area contributed by atoms with Crippen molar-refractivity contribution < 1.29 is 18.7 Å². The minimum absolute atomic E-state index is 0.0926. The zero-order chi connectivity index (χ0) is 20.8. The Morgan fingerprint density at radius 1 is 1.10 bits per heavy atom. The van der Waals surface area contributed by atoms with E-state index in [4.69, 9.17) is 16.3 Å². The fourth-order valence-corrected chi connectivity index (χ4v) is 2.57. The molecule has 0 atom stereocenters. The molecule has 29 heavy (non-hydrogen) atoms. The summed E-state index contributed by atoms with van der Waals surface area (Å²) in [6.07, 6.45) is 0. The average molecular weight is 416 g/mol. The maximum Gasteiger partial charge on any atom is 0.359 e. The van der Waals surface area contributed by atoms with Crippen LogP contribution >= 0.6 is 11.6 Å². The first kappa shape index (κ1) is 20.2. The van der Waals surface area contributed by atoms with Crippen molar-refractivity contribution in [2.75, 3.05) is 11.9 Å². The van der Waals surface area contributed by atoms with Gasteiger partial charge in [0.15, 0.2) is 12.3 Å². The molecule has 0 radical (unpaired) electrons. The molecule has 3 aromatic rings. The second-order valence-electron chi connectivity index (χ2n) is 5.95. The highest BCUT2D eigenvalue weighted by Gasteiger charge is 2.15. The van der Waals surface area contributed by atoms with Crippen LogP contribution in [-0.2, 0) is 16.1 Å². The Bertz CT molecular complexity index is 1100. The Hall–Kier alpha value is -3.52. The first-order valence-corrected chi connectivity index (χ1v) is 8.84. The van der Waals surface area contributed by atoms with E-state index in [1.807, 2.05) is 30.3 Å². The Morgan fingerprint density at radius 3 is 2.59 bits per heavy atom. The lowest BCUT2D eigenvalue weighted by molar-refractivity contribution is -0.119. The number of anilines is 1. The summed E-state index contributed by atoms with van der Waals surface area (Å²) in [5.74, 6) is -2.34. The lowest BCUT2D eigenvalue weighted by atomic mass is 10.2. The number of hydrogen-bond donors (Lipinski definition) is 1. The Labute approximate surface area is 169 Å². The third kappa shape index (κ3) is 5.49. The number of halogens is 2. The van der Waals surface area contributed by atoms with Gasteiger partial charge in [-0.05, 0) is 29.8 Å². The first-order chi connectivity index (χ1) is 13.9. The second kappa shape index (κ2) is 9.11. The van der Waals surface area contributed by atoms with E-state index >= 15 is 0 Å². The number of esters is 1. The van der Waals surface area contributed by atoms with Gasteiger partial charge in [0.2, 0.25) is 0 Å². The van der Waals surface area contributed by atoms with Gasteiger partial charge in [0.05, 0.1) is 12.2 Å². The predicted molar refractivity (Wildman–Crippen MR) is 104 cm³/mol. The summed E-state index contributed by atoms with van der Waals surface area (Å²) in [5, 5.41) is 6.43. The van der Waals surface area contributed by atoms with Crippen LogP contribution in [0.25, 0.3) is 0 Å². The summed E-state index contributed by atoms with van der Waals surface area (Å²) in [4.78, 5) is 36.0. The Morgan fingerprint density at radius 2 is 1.86 bits per heavy atom. The zero-order valence-corrected chi connectivity index (χ0v) is 15.7. The van der Waals surface area contributed by atoms with E-state index in [1.54, 1.807) is 0 Å². The average Bonchev–Trinajstić information content (AvgIpc) is 2.71. The Balaban J connectivity index is 1.62. The quantitative estimate of drug-likeness (QED) is 0.625. The number of hydrogen-bond acceptors (Lipinski definition) is 5. The number of amides is 1. The molecular formula is C20H15ClFN3O4. The molecule has 148 valence electrons. The van der Waals surface area contributed by atoms with Gasteiger partial charge in [-0.25, -0.2) is 13.9 Å². The van der Waals surface area contributed by atoms with Crippen LogP contribution in [0.5, 0.6) is 0 Å². The summed E-state index contributed by atoms with van der Waals surface area (Å²) in [6.45, 7) is -0.475. The molecule has 3 rings (SSSR count). The molecule has 0 saturated heterocycles. The van der Waals surface area contributed by atoms with Crippen LogP contribution in [0.4, 0.5) is 10.1 Å². The van der Waals surface area contributed by atoms with Crippen LogP contribution in [0.3, 0.4) is 0 Å². The van der Waals surface area contributed by atoms with Crippen LogP contribution in [0, 0.1) is 5.82 Å². The molecule has 0 saturated carbocycles. The van der Waals surface area contributed by atoms with Crippen LogP contribution in [0.2, 0.25) is 5.02 Å². The minimum Gasteiger partial charge on any atom is -0.451 e. The summed E-state index contributed by atoms with van der Waals surface area (Å²) >= 11 is 5.65. The molecule has 0 bridgehead atoms. The van der Waals surface area contributed by atoms with Crippen molar-refractivity contribution >= 4 is 29.2 Å². The molecule has 0 aliphatic carbocycles. The molecule has 1 N–H and O–H groups in total. The SMILES string of the molecule is O=C(COC(=O)c1ccc(=O)n(Cc2ccccc2)n1)Nc1ccc(Cl)cc1F. The molecule has 2 aromatic carbocycles. The smallest absolute Gasteiger partial charge is 0.359 e. The number of aromatic nitrogens is 2. The third-order valence-corrected chi connectivity index (χ3v) is 4.03. The van der Waals surface area contributed by atoms with Crippen molar-refractivity contribution in [2.45, 2.75) is 6.54 Å². The van der Waals surface area contributed by atoms with Crippen LogP contribution in [0.15, 0.2) is 65.5 Å². The van der Waals surface area contributed by atoms with Crippen molar-refractivity contribution in [3.05, 3.63) is 93.1 Å². The highest BCUT2D eigenvalue weighted by Crippen LogP contribution is 2.18. The second-order valence-corrected chi connectivity index (χ2v) is 6.38. The molecule has 1 heterocycles. The van der Waals surface area contributed by atoms with Gasteiger partial charge in [0.25, 0.3) is 11.5 Å². The van der Waals surface area contributed by atoms with Crippen molar-refractivity contribution in [2.24, 2.45) is 0 Å². The number of nitrogens with zero attached hydrogens (tertiary/aromatic N) is 2. The fraction of sp³-hybridized carbons (Fsp3) is 0.100. The van der Waals surface area contributed by atoms with Gasteiger partial charge >= 0.3 is 5.97 Å². The third-order valence-electron chi connectivity index (χ3n) is 3.79. The Kier molecular flexibility index (Phi) is 6.36. The van der Waals surface area contributed by atoms with Crippen molar-refractivity contribution in [1.82, 2.24) is 9.78 Å². The molecule has 7 nitrogen and oxygen atoms in total. The van der Waals surface area contributed by atoms with Gasteiger partial charge in [-0.3, -0.25) is 9.59 Å². The predicted octanol–water partition coefficient (Wildman–Crippen LogP) is 2.88.